The first-order chi connectivity index (χ1) is 11.0. The first-order valence-electron chi connectivity index (χ1n) is 7.79. The Morgan fingerprint density at radius 2 is 1.88 bits per heavy atom. The van der Waals surface area contributed by atoms with E-state index in [-0.39, 0.29) is 35.0 Å². The topological polar surface area (TPSA) is 115 Å². The quantitative estimate of drug-likeness (QED) is 0.304. The van der Waals surface area contributed by atoms with Gasteiger partial charge in [0.15, 0.2) is 11.6 Å². The lowest BCUT2D eigenvalue weighted by Gasteiger charge is -2.36. The molecule has 0 aromatic heterocycles. The summed E-state index contributed by atoms with van der Waals surface area (Å²) in [6.07, 6.45) is 1.31. The molecule has 0 heterocycles. The van der Waals surface area contributed by atoms with Crippen molar-refractivity contribution in [2.75, 3.05) is 6.54 Å². The van der Waals surface area contributed by atoms with Gasteiger partial charge in [-0.2, -0.15) is 0 Å². The minimum absolute atomic E-state index is 0.155. The van der Waals surface area contributed by atoms with E-state index in [1.807, 2.05) is 27.7 Å². The Hall–Kier alpha value is -2.15. The monoisotopic (exact) mass is 341 g/mol. The van der Waals surface area contributed by atoms with Crippen LogP contribution in [0.5, 0.6) is 0 Å². The Kier molecular flexibility index (Phi) is 8.39. The fraction of sp³-hybridized carbons (Fsp3) is 0.588. The standard InChI is InChI=1S/C16H25NO3.CH2O3/c1-6-8-12(17(20)9-7-2)14-13(18)10-16(4,5)11(3)15(14)19;2-1(3)4/h7,11,20H,2,6,8-10H2,1,3-5H3;(H2,2,3,4). The van der Waals surface area contributed by atoms with Crippen molar-refractivity contribution in [1.29, 1.82) is 0 Å². The molecule has 0 aromatic rings. The predicted octanol–water partition coefficient (Wildman–Crippen LogP) is 3.34. The summed E-state index contributed by atoms with van der Waals surface area (Å²) in [6, 6.07) is 0. The average molecular weight is 341 g/mol. The molecule has 0 amide bonds. The van der Waals surface area contributed by atoms with Crippen LogP contribution in [0.4, 0.5) is 4.79 Å². The predicted molar refractivity (Wildman–Crippen MR) is 88.9 cm³/mol. The molecule has 1 aliphatic carbocycles. The summed E-state index contributed by atoms with van der Waals surface area (Å²) in [5, 5.41) is 25.0. The molecule has 1 aliphatic rings. The molecular weight excluding hydrogens is 314 g/mol. The van der Waals surface area contributed by atoms with E-state index in [9.17, 15) is 14.8 Å². The average Bonchev–Trinajstić information content (AvgIpc) is 2.43. The van der Waals surface area contributed by atoms with Crippen molar-refractivity contribution >= 4 is 17.7 Å². The zero-order chi connectivity index (χ0) is 19.1. The molecule has 24 heavy (non-hydrogen) atoms. The van der Waals surface area contributed by atoms with Gasteiger partial charge >= 0.3 is 6.16 Å². The smallest absolute Gasteiger partial charge is 0.450 e. The largest absolute Gasteiger partial charge is 0.503 e. The summed E-state index contributed by atoms with van der Waals surface area (Å²) < 4.78 is 0. The number of hydrogen-bond acceptors (Lipinski definition) is 5. The van der Waals surface area contributed by atoms with Gasteiger partial charge in [0.2, 0.25) is 0 Å². The molecule has 1 saturated carbocycles. The Bertz CT molecular complexity index is 531. The number of allylic oxidation sites excluding steroid dienone is 2. The van der Waals surface area contributed by atoms with Crippen molar-refractivity contribution in [3.05, 3.63) is 23.9 Å². The second kappa shape index (κ2) is 9.22. The highest BCUT2D eigenvalue weighted by atomic mass is 16.6. The fourth-order valence-electron chi connectivity index (χ4n) is 2.52. The Balaban J connectivity index is 0.00000118. The summed E-state index contributed by atoms with van der Waals surface area (Å²) in [5.41, 5.74) is 0.293. The van der Waals surface area contributed by atoms with Crippen LogP contribution in [-0.4, -0.2) is 44.8 Å². The molecule has 7 heteroatoms. The van der Waals surface area contributed by atoms with E-state index < -0.39 is 6.16 Å². The second-order valence-electron chi connectivity index (χ2n) is 6.40. The van der Waals surface area contributed by atoms with Crippen LogP contribution in [0.1, 0.15) is 47.0 Å². The number of ketones is 2. The van der Waals surface area contributed by atoms with Gasteiger partial charge in [-0.15, -0.1) is 6.58 Å². The summed E-state index contributed by atoms with van der Waals surface area (Å²) in [7, 11) is 0. The number of carbonyl (C=O) groups excluding carboxylic acids is 2. The molecule has 1 fully saturated rings. The van der Waals surface area contributed by atoms with Crippen LogP contribution in [-0.2, 0) is 9.59 Å². The van der Waals surface area contributed by atoms with Gasteiger partial charge in [-0.1, -0.05) is 40.2 Å². The van der Waals surface area contributed by atoms with Crippen molar-refractivity contribution in [1.82, 2.24) is 5.06 Å². The lowest BCUT2D eigenvalue weighted by molar-refractivity contribution is -0.132. The number of carbonyl (C=O) groups is 3. The molecule has 1 rings (SSSR count). The minimum Gasteiger partial charge on any atom is -0.450 e. The van der Waals surface area contributed by atoms with Gasteiger partial charge in [0.1, 0.15) is 0 Å². The van der Waals surface area contributed by atoms with Crippen molar-refractivity contribution in [2.24, 2.45) is 11.3 Å². The lowest BCUT2D eigenvalue weighted by atomic mass is 9.66. The number of hydroxylamine groups is 2. The third-order valence-corrected chi connectivity index (χ3v) is 4.10. The molecule has 7 nitrogen and oxygen atoms in total. The molecule has 0 bridgehead atoms. The molecule has 0 radical (unpaired) electrons. The normalized spacial score (nSPS) is 21.5. The van der Waals surface area contributed by atoms with E-state index >= 15 is 0 Å². The van der Waals surface area contributed by atoms with Gasteiger partial charge in [-0.3, -0.25) is 19.9 Å². The van der Waals surface area contributed by atoms with Crippen molar-refractivity contribution < 1.29 is 29.8 Å². The van der Waals surface area contributed by atoms with Crippen LogP contribution in [0, 0.1) is 11.3 Å². The third-order valence-electron chi connectivity index (χ3n) is 4.10. The maximum absolute atomic E-state index is 12.5. The van der Waals surface area contributed by atoms with Gasteiger partial charge < -0.3 is 10.2 Å². The number of rotatable bonds is 5. The van der Waals surface area contributed by atoms with E-state index in [1.54, 1.807) is 6.08 Å². The number of nitrogens with zero attached hydrogens (tertiary/aromatic N) is 1. The lowest BCUT2D eigenvalue weighted by Crippen LogP contribution is -2.41. The van der Waals surface area contributed by atoms with Crippen LogP contribution in [0.2, 0.25) is 0 Å². The molecule has 1 atom stereocenters. The first kappa shape index (κ1) is 21.9. The van der Waals surface area contributed by atoms with Crippen molar-refractivity contribution in [2.45, 2.75) is 47.0 Å². The summed E-state index contributed by atoms with van der Waals surface area (Å²) in [6.45, 7) is 11.5. The number of carboxylic acid groups (broad SMARTS) is 2. The van der Waals surface area contributed by atoms with Gasteiger partial charge in [-0.25, -0.2) is 4.79 Å². The minimum atomic E-state index is -1.83. The molecule has 0 aromatic carbocycles. The highest BCUT2D eigenvalue weighted by molar-refractivity contribution is 6.23. The molecule has 0 spiro atoms. The molecule has 0 aliphatic heterocycles. The maximum Gasteiger partial charge on any atom is 0.503 e. The second-order valence-corrected chi connectivity index (χ2v) is 6.40. The zero-order valence-electron chi connectivity index (χ0n) is 14.7. The highest BCUT2D eigenvalue weighted by Gasteiger charge is 2.43. The maximum atomic E-state index is 12.5. The van der Waals surface area contributed by atoms with Gasteiger partial charge in [0, 0.05) is 12.3 Å². The Labute approximate surface area is 142 Å². The summed E-state index contributed by atoms with van der Waals surface area (Å²) in [4.78, 5) is 33.4. The van der Waals surface area contributed by atoms with E-state index in [0.29, 0.717) is 18.5 Å². The molecular formula is C17H27NO6. The van der Waals surface area contributed by atoms with Crippen LogP contribution < -0.4 is 0 Å². The van der Waals surface area contributed by atoms with Crippen LogP contribution in [0.25, 0.3) is 0 Å². The highest BCUT2D eigenvalue weighted by Crippen LogP contribution is 2.40. The molecule has 136 valence electrons. The summed E-state index contributed by atoms with van der Waals surface area (Å²) in [5.74, 6) is -0.540. The Morgan fingerprint density at radius 1 is 1.38 bits per heavy atom. The molecule has 1 unspecified atom stereocenters. The van der Waals surface area contributed by atoms with Gasteiger partial charge in [-0.05, 0) is 11.8 Å². The van der Waals surface area contributed by atoms with E-state index in [1.165, 1.54) is 0 Å². The molecule has 3 N–H and O–H groups in total. The van der Waals surface area contributed by atoms with Crippen LogP contribution >= 0.6 is 0 Å². The van der Waals surface area contributed by atoms with Crippen LogP contribution in [0.3, 0.4) is 0 Å². The van der Waals surface area contributed by atoms with E-state index in [4.69, 9.17) is 15.0 Å². The number of hydrogen-bond donors (Lipinski definition) is 3. The van der Waals surface area contributed by atoms with Crippen molar-refractivity contribution in [3.8, 4) is 0 Å². The SMILES string of the molecule is C=CCN(O)C(CCC)=C1C(=O)CC(C)(C)C(C)C1=O.O=C(O)O. The third kappa shape index (κ3) is 5.81. The van der Waals surface area contributed by atoms with E-state index in [0.717, 1.165) is 11.5 Å². The van der Waals surface area contributed by atoms with Gasteiger partial charge in [0.25, 0.3) is 0 Å². The van der Waals surface area contributed by atoms with E-state index in [2.05, 4.69) is 6.58 Å². The Morgan fingerprint density at radius 3 is 2.29 bits per heavy atom. The first-order valence-corrected chi connectivity index (χ1v) is 7.79. The molecule has 0 saturated heterocycles. The summed E-state index contributed by atoms with van der Waals surface area (Å²) >= 11 is 0. The fourth-order valence-corrected chi connectivity index (χ4v) is 2.52. The van der Waals surface area contributed by atoms with Crippen molar-refractivity contribution in [3.63, 3.8) is 0 Å². The van der Waals surface area contributed by atoms with Crippen LogP contribution in [0.15, 0.2) is 23.9 Å². The van der Waals surface area contributed by atoms with Gasteiger partial charge in [0.05, 0.1) is 17.8 Å². The number of Topliss-reactive ketones (excluding diaryl/α,β-unsaturated/α-hetero) is 2. The zero-order valence-corrected chi connectivity index (χ0v) is 14.7.